The van der Waals surface area contributed by atoms with E-state index in [0.29, 0.717) is 24.3 Å². The van der Waals surface area contributed by atoms with Gasteiger partial charge in [-0.15, -0.1) is 0 Å². The Labute approximate surface area is 122 Å². The maximum absolute atomic E-state index is 11.5. The third-order valence-electron chi connectivity index (χ3n) is 2.98. The van der Waals surface area contributed by atoms with Crippen LogP contribution in [0.2, 0.25) is 0 Å². The smallest absolute Gasteiger partial charge is 0.338 e. The molecular weight excluding hydrogens is 270 g/mol. The summed E-state index contributed by atoms with van der Waals surface area (Å²) in [7, 11) is 0. The maximum atomic E-state index is 11.5. The largest absolute Gasteiger partial charge is 0.504 e. The molecule has 0 heterocycles. The third kappa shape index (κ3) is 3.66. The Morgan fingerprint density at radius 3 is 2.52 bits per heavy atom. The predicted molar refractivity (Wildman–Crippen MR) is 79.5 cm³/mol. The summed E-state index contributed by atoms with van der Waals surface area (Å²) in [6, 6.07) is 11.7. The van der Waals surface area contributed by atoms with Gasteiger partial charge in [-0.2, -0.15) is 0 Å². The number of ether oxygens (including phenoxy) is 1. The number of anilines is 1. The van der Waals surface area contributed by atoms with Crippen LogP contribution >= 0.6 is 0 Å². The van der Waals surface area contributed by atoms with E-state index in [9.17, 15) is 15.0 Å². The molecule has 0 atom stereocenters. The number of hydrogen-bond acceptors (Lipinski definition) is 5. The fraction of sp³-hybridized carbons (Fsp3) is 0.188. The van der Waals surface area contributed by atoms with Gasteiger partial charge in [-0.1, -0.05) is 12.1 Å². The van der Waals surface area contributed by atoms with E-state index in [1.165, 1.54) is 6.07 Å². The van der Waals surface area contributed by atoms with Crippen molar-refractivity contribution in [3.8, 4) is 11.5 Å². The van der Waals surface area contributed by atoms with Crippen molar-refractivity contribution in [1.29, 1.82) is 0 Å². The third-order valence-corrected chi connectivity index (χ3v) is 2.98. The van der Waals surface area contributed by atoms with Crippen LogP contribution in [0.5, 0.6) is 11.5 Å². The first-order valence-electron chi connectivity index (χ1n) is 6.62. The Bertz CT molecular complexity index is 623. The Hall–Kier alpha value is -2.69. The monoisotopic (exact) mass is 287 g/mol. The highest BCUT2D eigenvalue weighted by Crippen LogP contribution is 2.28. The second-order valence-electron chi connectivity index (χ2n) is 4.44. The van der Waals surface area contributed by atoms with E-state index in [-0.39, 0.29) is 17.5 Å². The molecule has 0 aliphatic carbocycles. The van der Waals surface area contributed by atoms with Crippen LogP contribution in [0, 0.1) is 0 Å². The standard InChI is InChI=1S/C16H17NO4/c1-2-21-16(20)11-6-8-13(9-7-11)17-10-12-4-3-5-14(18)15(12)19/h3-9,17-19H,2,10H2,1H3. The van der Waals surface area contributed by atoms with Crippen LogP contribution in [0.3, 0.4) is 0 Å². The molecule has 0 aromatic heterocycles. The molecule has 0 aliphatic rings. The number of nitrogens with one attached hydrogen (secondary N) is 1. The highest BCUT2D eigenvalue weighted by molar-refractivity contribution is 5.89. The first kappa shape index (κ1) is 14.7. The molecule has 3 N–H and O–H groups in total. The molecule has 2 rings (SSSR count). The van der Waals surface area contributed by atoms with E-state index in [1.807, 2.05) is 0 Å². The summed E-state index contributed by atoms with van der Waals surface area (Å²) in [5.41, 5.74) is 1.87. The SMILES string of the molecule is CCOC(=O)c1ccc(NCc2cccc(O)c2O)cc1. The Morgan fingerprint density at radius 1 is 1.14 bits per heavy atom. The molecule has 21 heavy (non-hydrogen) atoms. The topological polar surface area (TPSA) is 78.8 Å². The minimum atomic E-state index is -0.352. The molecule has 2 aromatic rings. The van der Waals surface area contributed by atoms with Crippen molar-refractivity contribution < 1.29 is 19.7 Å². The highest BCUT2D eigenvalue weighted by atomic mass is 16.5. The van der Waals surface area contributed by atoms with Gasteiger partial charge in [-0.25, -0.2) is 4.79 Å². The second kappa shape index (κ2) is 6.65. The number of esters is 1. The van der Waals surface area contributed by atoms with E-state index in [4.69, 9.17) is 4.74 Å². The van der Waals surface area contributed by atoms with Crippen molar-refractivity contribution in [2.45, 2.75) is 13.5 Å². The Kier molecular flexibility index (Phi) is 4.66. The molecule has 5 heteroatoms. The second-order valence-corrected chi connectivity index (χ2v) is 4.44. The molecule has 0 amide bonds. The molecule has 0 unspecified atom stereocenters. The average Bonchev–Trinajstić information content (AvgIpc) is 2.49. The van der Waals surface area contributed by atoms with Gasteiger partial charge < -0.3 is 20.3 Å². The molecule has 2 aromatic carbocycles. The van der Waals surface area contributed by atoms with E-state index in [2.05, 4.69) is 5.32 Å². The number of para-hydroxylation sites is 1. The Morgan fingerprint density at radius 2 is 1.86 bits per heavy atom. The summed E-state index contributed by atoms with van der Waals surface area (Å²) >= 11 is 0. The average molecular weight is 287 g/mol. The molecular formula is C16H17NO4. The summed E-state index contributed by atoms with van der Waals surface area (Å²) in [6.07, 6.45) is 0. The van der Waals surface area contributed by atoms with Crippen LogP contribution < -0.4 is 5.32 Å². The molecule has 0 fully saturated rings. The van der Waals surface area contributed by atoms with Crippen LogP contribution in [-0.4, -0.2) is 22.8 Å². The van der Waals surface area contributed by atoms with Crippen molar-refractivity contribution in [2.24, 2.45) is 0 Å². The summed E-state index contributed by atoms with van der Waals surface area (Å²) < 4.78 is 4.91. The van der Waals surface area contributed by atoms with Crippen LogP contribution in [0.15, 0.2) is 42.5 Å². The van der Waals surface area contributed by atoms with Gasteiger partial charge in [0.1, 0.15) is 0 Å². The summed E-state index contributed by atoms with van der Waals surface area (Å²) in [6.45, 7) is 2.46. The minimum Gasteiger partial charge on any atom is -0.504 e. The number of carbonyl (C=O) groups is 1. The van der Waals surface area contributed by atoms with Crippen LogP contribution in [0.4, 0.5) is 5.69 Å². The first-order valence-corrected chi connectivity index (χ1v) is 6.62. The fourth-order valence-electron chi connectivity index (χ4n) is 1.86. The maximum Gasteiger partial charge on any atom is 0.338 e. The number of rotatable bonds is 5. The quantitative estimate of drug-likeness (QED) is 0.582. The van der Waals surface area contributed by atoms with Crippen LogP contribution in [-0.2, 0) is 11.3 Å². The number of carbonyl (C=O) groups excluding carboxylic acids is 1. The van der Waals surface area contributed by atoms with Gasteiger partial charge in [0.2, 0.25) is 0 Å². The van der Waals surface area contributed by atoms with Gasteiger partial charge in [-0.3, -0.25) is 0 Å². The molecule has 0 bridgehead atoms. The molecule has 0 spiro atoms. The van der Waals surface area contributed by atoms with Crippen molar-refractivity contribution in [2.75, 3.05) is 11.9 Å². The van der Waals surface area contributed by atoms with Crippen molar-refractivity contribution in [3.05, 3.63) is 53.6 Å². The van der Waals surface area contributed by atoms with Gasteiger partial charge >= 0.3 is 5.97 Å². The number of phenolic OH excluding ortho intramolecular Hbond substituents is 2. The Balaban J connectivity index is 2.01. The van der Waals surface area contributed by atoms with E-state index in [1.54, 1.807) is 43.3 Å². The van der Waals surface area contributed by atoms with E-state index in [0.717, 1.165) is 5.69 Å². The first-order chi connectivity index (χ1) is 10.1. The van der Waals surface area contributed by atoms with Crippen molar-refractivity contribution in [3.63, 3.8) is 0 Å². The van der Waals surface area contributed by atoms with E-state index >= 15 is 0 Å². The normalized spacial score (nSPS) is 10.1. The van der Waals surface area contributed by atoms with Crippen molar-refractivity contribution >= 4 is 11.7 Å². The molecule has 0 saturated carbocycles. The minimum absolute atomic E-state index is 0.131. The number of hydrogen-bond donors (Lipinski definition) is 3. The molecule has 0 saturated heterocycles. The predicted octanol–water partition coefficient (Wildman–Crippen LogP) is 2.89. The summed E-state index contributed by atoms with van der Waals surface area (Å²) in [5.74, 6) is -0.630. The summed E-state index contributed by atoms with van der Waals surface area (Å²) in [5, 5.41) is 22.2. The van der Waals surface area contributed by atoms with E-state index < -0.39 is 0 Å². The highest BCUT2D eigenvalue weighted by Gasteiger charge is 2.07. The number of phenols is 2. The lowest BCUT2D eigenvalue weighted by Gasteiger charge is -2.09. The van der Waals surface area contributed by atoms with Gasteiger partial charge in [0.25, 0.3) is 0 Å². The van der Waals surface area contributed by atoms with Crippen LogP contribution in [0.25, 0.3) is 0 Å². The lowest BCUT2D eigenvalue weighted by atomic mass is 10.1. The molecule has 5 nitrogen and oxygen atoms in total. The lowest BCUT2D eigenvalue weighted by Crippen LogP contribution is -2.05. The number of benzene rings is 2. The van der Waals surface area contributed by atoms with Crippen molar-refractivity contribution in [1.82, 2.24) is 0 Å². The van der Waals surface area contributed by atoms with Gasteiger partial charge in [0.15, 0.2) is 11.5 Å². The molecule has 0 radical (unpaired) electrons. The van der Waals surface area contributed by atoms with Gasteiger partial charge in [0.05, 0.1) is 12.2 Å². The molecule has 110 valence electrons. The summed E-state index contributed by atoms with van der Waals surface area (Å²) in [4.78, 5) is 11.5. The van der Waals surface area contributed by atoms with Gasteiger partial charge in [0, 0.05) is 17.8 Å². The zero-order valence-corrected chi connectivity index (χ0v) is 11.7. The molecule has 0 aliphatic heterocycles. The zero-order chi connectivity index (χ0) is 15.2. The fourth-order valence-corrected chi connectivity index (χ4v) is 1.86. The lowest BCUT2D eigenvalue weighted by molar-refractivity contribution is 0.0526. The number of aromatic hydroxyl groups is 2. The van der Waals surface area contributed by atoms with Gasteiger partial charge in [-0.05, 0) is 37.3 Å². The zero-order valence-electron chi connectivity index (χ0n) is 11.7. The van der Waals surface area contributed by atoms with Crippen LogP contribution in [0.1, 0.15) is 22.8 Å².